The van der Waals surface area contributed by atoms with Crippen LogP contribution in [0, 0.1) is 0 Å². The molecule has 28 heavy (non-hydrogen) atoms. The van der Waals surface area contributed by atoms with Gasteiger partial charge in [0.25, 0.3) is 0 Å². The first kappa shape index (κ1) is 25.4. The van der Waals surface area contributed by atoms with Crippen LogP contribution < -0.4 is 0 Å². The van der Waals surface area contributed by atoms with Crippen LogP contribution in [0.1, 0.15) is 96.8 Å². The monoisotopic (exact) mass is 430 g/mol. The largest absolute Gasteiger partial charge is 0.244 e. The molecule has 0 N–H and O–H groups in total. The molecule has 0 saturated carbocycles. The van der Waals surface area contributed by atoms with Crippen molar-refractivity contribution in [2.24, 2.45) is 0 Å². The van der Waals surface area contributed by atoms with E-state index in [-0.39, 0.29) is 4.90 Å². The van der Waals surface area contributed by atoms with Gasteiger partial charge >= 0.3 is 0 Å². The molecule has 0 aliphatic rings. The topological polar surface area (TPSA) is 50.3 Å². The van der Waals surface area contributed by atoms with Crippen molar-refractivity contribution in [1.29, 1.82) is 0 Å². The van der Waals surface area contributed by atoms with Crippen molar-refractivity contribution in [3.8, 4) is 0 Å². The summed E-state index contributed by atoms with van der Waals surface area (Å²) in [5.41, 5.74) is 0. The third kappa shape index (κ3) is 10.8. The lowest BCUT2D eigenvalue weighted by molar-refractivity contribution is 0.447. The Morgan fingerprint density at radius 1 is 0.821 bits per heavy atom. The van der Waals surface area contributed by atoms with Crippen molar-refractivity contribution < 1.29 is 8.42 Å². The van der Waals surface area contributed by atoms with E-state index in [9.17, 15) is 8.42 Å². The molecule has 6 heteroatoms. The predicted octanol–water partition coefficient (Wildman–Crippen LogP) is 6.84. The summed E-state index contributed by atoms with van der Waals surface area (Å²) in [6.45, 7) is 2.81. The summed E-state index contributed by atoms with van der Waals surface area (Å²) in [4.78, 5) is 4.06. The highest BCUT2D eigenvalue weighted by Gasteiger charge is 2.20. The van der Waals surface area contributed by atoms with Gasteiger partial charge in [0, 0.05) is 19.8 Å². The van der Waals surface area contributed by atoms with E-state index in [2.05, 4.69) is 11.9 Å². The molecule has 1 aromatic heterocycles. The molecule has 0 saturated heterocycles. The molecule has 0 amide bonds. The maximum Gasteiger partial charge on any atom is 0.244 e. The smallest absolute Gasteiger partial charge is 0.243 e. The number of unbranched alkanes of at least 4 members (excludes halogenated alkanes) is 13. The Hall–Kier alpha value is -0.650. The molecule has 1 aromatic rings. The highest BCUT2D eigenvalue weighted by molar-refractivity contribution is 7.89. The molecular weight excluding hydrogens is 392 g/mol. The molecule has 0 radical (unpaired) electrons. The van der Waals surface area contributed by atoms with Gasteiger partial charge in [-0.2, -0.15) is 0 Å². The minimum Gasteiger partial charge on any atom is -0.243 e. The summed E-state index contributed by atoms with van der Waals surface area (Å²) in [6, 6.07) is 3.01. The molecule has 0 bridgehead atoms. The third-order valence-electron chi connectivity index (χ3n) is 5.23. The summed E-state index contributed by atoms with van der Waals surface area (Å²) in [7, 11) is -1.83. The molecule has 0 aromatic carbocycles. The number of pyridine rings is 1. The Kier molecular flexibility index (Phi) is 13.8. The lowest BCUT2D eigenvalue weighted by Gasteiger charge is -2.16. The summed E-state index contributed by atoms with van der Waals surface area (Å²) in [6.07, 6.45) is 19.5. The second kappa shape index (κ2) is 15.2. The fourth-order valence-corrected chi connectivity index (χ4v) is 4.61. The van der Waals surface area contributed by atoms with Gasteiger partial charge in [0.2, 0.25) is 10.0 Å². The Bertz CT molecular complexity index is 605. The van der Waals surface area contributed by atoms with Gasteiger partial charge in [-0.25, -0.2) is 17.7 Å². The highest BCUT2D eigenvalue weighted by Crippen LogP contribution is 2.17. The third-order valence-corrected chi connectivity index (χ3v) is 7.30. The van der Waals surface area contributed by atoms with Crippen LogP contribution in [-0.2, 0) is 10.0 Å². The Morgan fingerprint density at radius 2 is 1.29 bits per heavy atom. The SMILES string of the molecule is CCCCCCCCCCCCCCCCN(C)S(=O)(=O)c1ccc(Cl)nc1. The van der Waals surface area contributed by atoms with Crippen LogP contribution in [0.2, 0.25) is 5.15 Å². The van der Waals surface area contributed by atoms with E-state index >= 15 is 0 Å². The van der Waals surface area contributed by atoms with Crippen molar-refractivity contribution in [2.45, 2.75) is 102 Å². The number of halogens is 1. The van der Waals surface area contributed by atoms with Crippen molar-refractivity contribution in [2.75, 3.05) is 13.6 Å². The highest BCUT2D eigenvalue weighted by atomic mass is 35.5. The Labute approximate surface area is 178 Å². The van der Waals surface area contributed by atoms with Gasteiger partial charge in [0.05, 0.1) is 0 Å². The number of hydrogen-bond donors (Lipinski definition) is 0. The molecule has 0 fully saturated rings. The maximum absolute atomic E-state index is 12.5. The molecule has 0 aliphatic carbocycles. The molecular formula is C22H39ClN2O2S. The number of rotatable bonds is 17. The summed E-state index contributed by atoms with van der Waals surface area (Å²) in [5, 5.41) is 0.300. The van der Waals surface area contributed by atoms with Crippen molar-refractivity contribution >= 4 is 21.6 Å². The van der Waals surface area contributed by atoms with Crippen molar-refractivity contribution in [3.63, 3.8) is 0 Å². The van der Waals surface area contributed by atoms with Gasteiger partial charge in [-0.1, -0.05) is 102 Å². The molecule has 0 atom stereocenters. The normalized spacial score (nSPS) is 12.0. The van der Waals surface area contributed by atoms with Crippen LogP contribution in [0.3, 0.4) is 0 Å². The number of hydrogen-bond acceptors (Lipinski definition) is 3. The van der Waals surface area contributed by atoms with Crippen LogP contribution in [0.5, 0.6) is 0 Å². The van der Waals surface area contributed by atoms with Crippen molar-refractivity contribution in [1.82, 2.24) is 9.29 Å². The summed E-state index contributed by atoms with van der Waals surface area (Å²) in [5.74, 6) is 0. The van der Waals surface area contributed by atoms with E-state index in [0.29, 0.717) is 11.7 Å². The minimum atomic E-state index is -3.46. The quantitative estimate of drug-likeness (QED) is 0.201. The van der Waals surface area contributed by atoms with Crippen LogP contribution >= 0.6 is 11.6 Å². The van der Waals surface area contributed by atoms with Gasteiger partial charge in [0.15, 0.2) is 0 Å². The van der Waals surface area contributed by atoms with Gasteiger partial charge in [-0.3, -0.25) is 0 Å². The fraction of sp³-hybridized carbons (Fsp3) is 0.773. The summed E-state index contributed by atoms with van der Waals surface area (Å²) < 4.78 is 26.3. The Morgan fingerprint density at radius 3 is 1.71 bits per heavy atom. The van der Waals surface area contributed by atoms with Crippen LogP contribution in [0.15, 0.2) is 23.2 Å². The molecule has 0 spiro atoms. The Balaban J connectivity index is 2.00. The first-order chi connectivity index (χ1) is 13.5. The van der Waals surface area contributed by atoms with E-state index in [0.717, 1.165) is 12.8 Å². The molecule has 0 aliphatic heterocycles. The number of sulfonamides is 1. The second-order valence-electron chi connectivity index (χ2n) is 7.74. The number of nitrogens with zero attached hydrogens (tertiary/aromatic N) is 2. The maximum atomic E-state index is 12.5. The second-order valence-corrected chi connectivity index (χ2v) is 10.2. The van der Waals surface area contributed by atoms with Gasteiger partial charge in [-0.05, 0) is 18.6 Å². The fourth-order valence-electron chi connectivity index (χ4n) is 3.34. The lowest BCUT2D eigenvalue weighted by atomic mass is 10.0. The zero-order valence-electron chi connectivity index (χ0n) is 17.8. The van der Waals surface area contributed by atoms with Gasteiger partial charge in [0.1, 0.15) is 10.0 Å². The molecule has 162 valence electrons. The minimum absolute atomic E-state index is 0.199. The lowest BCUT2D eigenvalue weighted by Crippen LogP contribution is -2.28. The van der Waals surface area contributed by atoms with Crippen LogP contribution in [0.4, 0.5) is 0 Å². The van der Waals surface area contributed by atoms with Crippen LogP contribution in [0.25, 0.3) is 0 Å². The number of aromatic nitrogens is 1. The van der Waals surface area contributed by atoms with Crippen molar-refractivity contribution in [3.05, 3.63) is 23.5 Å². The zero-order valence-corrected chi connectivity index (χ0v) is 19.4. The average molecular weight is 431 g/mol. The van der Waals surface area contributed by atoms with E-state index in [1.54, 1.807) is 7.05 Å². The average Bonchev–Trinajstić information content (AvgIpc) is 2.68. The standard InChI is InChI=1S/C22H39ClN2O2S/c1-3-4-5-6-7-8-9-10-11-12-13-14-15-16-19-25(2)28(26,27)21-17-18-22(23)24-20-21/h17-18,20H,3-16,19H2,1-2H3. The first-order valence-corrected chi connectivity index (χ1v) is 12.9. The van der Waals surface area contributed by atoms with Gasteiger partial charge < -0.3 is 0 Å². The van der Waals surface area contributed by atoms with Gasteiger partial charge in [-0.15, -0.1) is 0 Å². The van der Waals surface area contributed by atoms with E-state index in [1.807, 2.05) is 0 Å². The molecule has 0 unspecified atom stereocenters. The van der Waals surface area contributed by atoms with E-state index in [4.69, 9.17) is 11.6 Å². The predicted molar refractivity (Wildman–Crippen MR) is 119 cm³/mol. The van der Waals surface area contributed by atoms with E-state index in [1.165, 1.54) is 99.7 Å². The molecule has 1 heterocycles. The first-order valence-electron chi connectivity index (χ1n) is 11.1. The molecule has 1 rings (SSSR count). The van der Waals surface area contributed by atoms with Crippen LogP contribution in [-0.4, -0.2) is 31.3 Å². The molecule has 4 nitrogen and oxygen atoms in total. The summed E-state index contributed by atoms with van der Waals surface area (Å²) >= 11 is 5.72. The zero-order chi connectivity index (χ0) is 20.7. The van der Waals surface area contributed by atoms with E-state index < -0.39 is 10.0 Å².